The van der Waals surface area contributed by atoms with E-state index < -0.39 is 41.9 Å². The zero-order chi connectivity index (χ0) is 16.4. The number of Topliss-reactive ketones (excluding diaryl/α,β-unsaturated/α-hetero) is 1. The second-order valence-corrected chi connectivity index (χ2v) is 4.21. The van der Waals surface area contributed by atoms with Crippen LogP contribution >= 0.6 is 0 Å². The highest BCUT2D eigenvalue weighted by atomic mass is 16.5. The third-order valence-corrected chi connectivity index (χ3v) is 2.66. The molecule has 0 heterocycles. The lowest BCUT2D eigenvalue weighted by Crippen LogP contribution is -2.38. The first-order valence-corrected chi connectivity index (χ1v) is 6.88. The summed E-state index contributed by atoms with van der Waals surface area (Å²) in [6, 6.07) is 0. The van der Waals surface area contributed by atoms with Gasteiger partial charge in [0.15, 0.2) is 0 Å². The van der Waals surface area contributed by atoms with Crippen LogP contribution in [0.5, 0.6) is 0 Å². The van der Waals surface area contributed by atoms with Crippen molar-refractivity contribution in [1.29, 1.82) is 0 Å². The van der Waals surface area contributed by atoms with Crippen molar-refractivity contribution in [2.45, 2.75) is 34.1 Å². The minimum absolute atomic E-state index is 0.0670. The number of carbonyl (C=O) groups excluding carboxylic acids is 4. The molecule has 2 unspecified atom stereocenters. The normalized spacial score (nSPS) is 13.0. The maximum atomic E-state index is 11.9. The zero-order valence-corrected chi connectivity index (χ0v) is 12.8. The molecule has 0 saturated heterocycles. The first-order chi connectivity index (χ1) is 9.88. The quantitative estimate of drug-likeness (QED) is 0.354. The van der Waals surface area contributed by atoms with Gasteiger partial charge in [0, 0.05) is 0 Å². The maximum absolute atomic E-state index is 11.9. The maximum Gasteiger partial charge on any atom is 0.317 e. The van der Waals surface area contributed by atoms with Gasteiger partial charge in [0.05, 0.1) is 32.2 Å². The Labute approximate surface area is 123 Å². The first-order valence-electron chi connectivity index (χ1n) is 6.88. The second kappa shape index (κ2) is 9.90. The molecule has 7 nitrogen and oxygen atoms in total. The van der Waals surface area contributed by atoms with E-state index >= 15 is 0 Å². The van der Waals surface area contributed by atoms with Crippen molar-refractivity contribution in [1.82, 2.24) is 0 Å². The Morgan fingerprint density at radius 3 is 1.71 bits per heavy atom. The monoisotopic (exact) mass is 302 g/mol. The van der Waals surface area contributed by atoms with Gasteiger partial charge in [-0.15, -0.1) is 0 Å². The van der Waals surface area contributed by atoms with Gasteiger partial charge < -0.3 is 14.2 Å². The molecule has 21 heavy (non-hydrogen) atoms. The van der Waals surface area contributed by atoms with Crippen molar-refractivity contribution in [3.63, 3.8) is 0 Å². The van der Waals surface area contributed by atoms with E-state index in [2.05, 4.69) is 0 Å². The van der Waals surface area contributed by atoms with E-state index in [-0.39, 0.29) is 19.8 Å². The van der Waals surface area contributed by atoms with Crippen LogP contribution in [0.25, 0.3) is 0 Å². The van der Waals surface area contributed by atoms with Crippen molar-refractivity contribution < 1.29 is 33.4 Å². The van der Waals surface area contributed by atoms with Crippen molar-refractivity contribution >= 4 is 23.7 Å². The van der Waals surface area contributed by atoms with Crippen molar-refractivity contribution in [3.05, 3.63) is 0 Å². The van der Waals surface area contributed by atoms with Gasteiger partial charge >= 0.3 is 17.9 Å². The third-order valence-electron chi connectivity index (χ3n) is 2.66. The SMILES string of the molecule is CCOC(=O)CC(C(=O)OCC)C(C(C)=O)C(=O)OCC. The lowest BCUT2D eigenvalue weighted by Gasteiger charge is -2.21. The molecule has 0 amide bonds. The average Bonchev–Trinajstić information content (AvgIpc) is 2.38. The van der Waals surface area contributed by atoms with Crippen LogP contribution in [0.2, 0.25) is 0 Å². The Morgan fingerprint density at radius 2 is 1.29 bits per heavy atom. The average molecular weight is 302 g/mol. The van der Waals surface area contributed by atoms with E-state index in [1.807, 2.05) is 0 Å². The van der Waals surface area contributed by atoms with Crippen molar-refractivity contribution in [2.75, 3.05) is 19.8 Å². The molecule has 0 aromatic rings. The highest BCUT2D eigenvalue weighted by Gasteiger charge is 2.40. The number of ketones is 1. The Kier molecular flexibility index (Phi) is 9.00. The molecule has 0 aromatic carbocycles. The minimum Gasteiger partial charge on any atom is -0.466 e. The van der Waals surface area contributed by atoms with E-state index in [9.17, 15) is 19.2 Å². The van der Waals surface area contributed by atoms with Crippen molar-refractivity contribution in [2.24, 2.45) is 11.8 Å². The fourth-order valence-electron chi connectivity index (χ4n) is 1.83. The first kappa shape index (κ1) is 19.1. The van der Waals surface area contributed by atoms with Gasteiger partial charge in [-0.2, -0.15) is 0 Å². The smallest absolute Gasteiger partial charge is 0.317 e. The standard InChI is InChI=1S/C14H22O7/c1-5-19-11(16)8-10(13(17)20-6-2)12(9(4)15)14(18)21-7-3/h10,12H,5-8H2,1-4H3. The molecule has 0 radical (unpaired) electrons. The molecule has 0 aliphatic rings. The minimum atomic E-state index is -1.37. The summed E-state index contributed by atoms with van der Waals surface area (Å²) in [5.41, 5.74) is 0. The summed E-state index contributed by atoms with van der Waals surface area (Å²) in [5.74, 6) is -5.47. The van der Waals surface area contributed by atoms with Gasteiger partial charge in [-0.3, -0.25) is 19.2 Å². The molecule has 0 rings (SSSR count). The van der Waals surface area contributed by atoms with Gasteiger partial charge in [-0.25, -0.2) is 0 Å². The summed E-state index contributed by atoms with van der Waals surface area (Å²) in [5, 5.41) is 0. The summed E-state index contributed by atoms with van der Waals surface area (Å²) in [4.78, 5) is 47.1. The predicted molar refractivity (Wildman–Crippen MR) is 72.2 cm³/mol. The van der Waals surface area contributed by atoms with Crippen LogP contribution in [-0.2, 0) is 33.4 Å². The van der Waals surface area contributed by atoms with E-state index in [0.717, 1.165) is 0 Å². The number of hydrogen-bond donors (Lipinski definition) is 0. The van der Waals surface area contributed by atoms with Crippen LogP contribution in [0.1, 0.15) is 34.1 Å². The van der Waals surface area contributed by atoms with Gasteiger partial charge in [0.25, 0.3) is 0 Å². The summed E-state index contributed by atoms with van der Waals surface area (Å²) >= 11 is 0. The molecule has 120 valence electrons. The largest absolute Gasteiger partial charge is 0.466 e. The molecular weight excluding hydrogens is 280 g/mol. The topological polar surface area (TPSA) is 96.0 Å². The molecule has 0 spiro atoms. The lowest BCUT2D eigenvalue weighted by molar-refractivity contribution is -0.165. The summed E-state index contributed by atoms with van der Waals surface area (Å²) < 4.78 is 14.4. The number of rotatable bonds is 9. The summed E-state index contributed by atoms with van der Waals surface area (Å²) in [6.45, 7) is 6.23. The number of ether oxygens (including phenoxy) is 3. The number of hydrogen-bond acceptors (Lipinski definition) is 7. The molecule has 0 aliphatic heterocycles. The molecule has 0 N–H and O–H groups in total. The fourth-order valence-corrected chi connectivity index (χ4v) is 1.83. The molecular formula is C14H22O7. The van der Waals surface area contributed by atoms with E-state index in [4.69, 9.17) is 14.2 Å². The Hall–Kier alpha value is -1.92. The van der Waals surface area contributed by atoms with Crippen LogP contribution < -0.4 is 0 Å². The third kappa shape index (κ3) is 6.37. The highest BCUT2D eigenvalue weighted by Crippen LogP contribution is 2.22. The van der Waals surface area contributed by atoms with E-state index in [0.29, 0.717) is 0 Å². The van der Waals surface area contributed by atoms with Gasteiger partial charge in [0.2, 0.25) is 0 Å². The predicted octanol–water partition coefficient (Wildman–Crippen LogP) is 0.887. The zero-order valence-electron chi connectivity index (χ0n) is 12.8. The summed E-state index contributed by atoms with van der Waals surface area (Å²) in [7, 11) is 0. The lowest BCUT2D eigenvalue weighted by atomic mass is 9.86. The van der Waals surface area contributed by atoms with Gasteiger partial charge in [-0.1, -0.05) is 0 Å². The van der Waals surface area contributed by atoms with Crippen LogP contribution in [0, 0.1) is 11.8 Å². The number of carbonyl (C=O) groups is 4. The molecule has 2 atom stereocenters. The highest BCUT2D eigenvalue weighted by molar-refractivity contribution is 6.02. The Bertz CT molecular complexity index is 389. The van der Waals surface area contributed by atoms with E-state index in [1.165, 1.54) is 6.92 Å². The Morgan fingerprint density at radius 1 is 0.810 bits per heavy atom. The molecule has 0 aromatic heterocycles. The molecule has 0 saturated carbocycles. The van der Waals surface area contributed by atoms with Crippen LogP contribution in [0.15, 0.2) is 0 Å². The second-order valence-electron chi connectivity index (χ2n) is 4.21. The summed E-state index contributed by atoms with van der Waals surface area (Å²) in [6.07, 6.45) is -0.407. The number of esters is 3. The van der Waals surface area contributed by atoms with Crippen LogP contribution in [0.3, 0.4) is 0 Å². The van der Waals surface area contributed by atoms with Crippen molar-refractivity contribution in [3.8, 4) is 0 Å². The van der Waals surface area contributed by atoms with Crippen LogP contribution in [0.4, 0.5) is 0 Å². The molecule has 0 bridgehead atoms. The van der Waals surface area contributed by atoms with Crippen LogP contribution in [-0.4, -0.2) is 43.5 Å². The van der Waals surface area contributed by atoms with E-state index in [1.54, 1.807) is 20.8 Å². The Balaban J connectivity index is 5.28. The van der Waals surface area contributed by atoms with Gasteiger partial charge in [-0.05, 0) is 27.7 Å². The molecule has 0 aliphatic carbocycles. The fraction of sp³-hybridized carbons (Fsp3) is 0.714. The molecule has 0 fully saturated rings. The molecule has 7 heteroatoms. The van der Waals surface area contributed by atoms with Gasteiger partial charge in [0.1, 0.15) is 11.7 Å².